The number of H-pyrrole nitrogens is 1. The van der Waals surface area contributed by atoms with E-state index < -0.39 is 29.8 Å². The maximum atomic E-state index is 14.4. The second-order valence-electron chi connectivity index (χ2n) is 9.51. The van der Waals surface area contributed by atoms with Gasteiger partial charge in [-0.05, 0) is 48.1 Å². The van der Waals surface area contributed by atoms with Crippen LogP contribution in [0.5, 0.6) is 5.88 Å². The lowest BCUT2D eigenvalue weighted by Crippen LogP contribution is -2.37. The number of benzene rings is 2. The van der Waals surface area contributed by atoms with Crippen LogP contribution in [0, 0.1) is 11.6 Å². The largest absolute Gasteiger partial charge is 0.479 e. The molecule has 0 spiro atoms. The number of fused-ring (bicyclic) bond motifs is 2. The van der Waals surface area contributed by atoms with Gasteiger partial charge in [-0.15, -0.1) is 0 Å². The first-order valence-corrected chi connectivity index (χ1v) is 12.3. The van der Waals surface area contributed by atoms with Gasteiger partial charge in [0.1, 0.15) is 6.10 Å². The third-order valence-electron chi connectivity index (χ3n) is 7.16. The predicted octanol–water partition coefficient (Wildman–Crippen LogP) is 4.96. The van der Waals surface area contributed by atoms with E-state index in [9.17, 15) is 18.7 Å². The smallest absolute Gasteiger partial charge is 0.332 e. The van der Waals surface area contributed by atoms with Crippen LogP contribution in [0.25, 0.3) is 32.8 Å². The summed E-state index contributed by atoms with van der Waals surface area (Å²) in [5, 5.41) is 18.8. The van der Waals surface area contributed by atoms with Crippen LogP contribution in [0.2, 0.25) is 0 Å². The molecule has 37 heavy (non-hydrogen) atoms. The van der Waals surface area contributed by atoms with E-state index in [1.165, 1.54) is 6.07 Å². The average molecular weight is 510 g/mol. The molecule has 0 radical (unpaired) electrons. The molecular weight excluding hydrogens is 484 g/mol. The summed E-state index contributed by atoms with van der Waals surface area (Å²) >= 11 is 0. The van der Waals surface area contributed by atoms with Crippen molar-refractivity contribution < 1.29 is 32.9 Å². The third-order valence-corrected chi connectivity index (χ3v) is 7.16. The fraction of sp³-hybridized carbons (Fsp3) is 0.370. The molecule has 2 unspecified atom stereocenters. The number of hydrogen-bond donors (Lipinski definition) is 2. The van der Waals surface area contributed by atoms with E-state index in [4.69, 9.17) is 19.2 Å². The number of carbonyl (C=O) groups is 1. The number of ether oxygens (including phenoxy) is 3. The lowest BCUT2D eigenvalue weighted by molar-refractivity contribution is -0.156. The maximum Gasteiger partial charge on any atom is 0.332 e. The zero-order valence-electron chi connectivity index (χ0n) is 19.9. The Kier molecular flexibility index (Phi) is 6.21. The second-order valence-corrected chi connectivity index (χ2v) is 9.51. The Labute approximate surface area is 210 Å². The van der Waals surface area contributed by atoms with Gasteiger partial charge in [-0.1, -0.05) is 6.07 Å². The highest BCUT2D eigenvalue weighted by Gasteiger charge is 2.31. The molecule has 4 aromatic rings. The molecular formula is C27H25F2N3O5. The number of halogens is 2. The number of aliphatic carboxylic acids is 1. The Morgan fingerprint density at radius 1 is 1.05 bits per heavy atom. The number of aromatic nitrogens is 3. The summed E-state index contributed by atoms with van der Waals surface area (Å²) in [4.78, 5) is 16.5. The van der Waals surface area contributed by atoms with Crippen molar-refractivity contribution in [2.24, 2.45) is 0 Å². The number of rotatable bonds is 5. The molecule has 6 rings (SSSR count). The molecule has 4 heterocycles. The van der Waals surface area contributed by atoms with Crippen LogP contribution >= 0.6 is 0 Å². The van der Waals surface area contributed by atoms with Crippen LogP contribution in [0.15, 0.2) is 36.5 Å². The SMILES string of the molecule is O=C(O)C1CC(Oc2nc(C3CCOCC3)c(-c3ccc(F)c(F)c3)c3cc4cn[nH]c4cc23)CCO1. The van der Waals surface area contributed by atoms with Gasteiger partial charge in [0, 0.05) is 48.3 Å². The van der Waals surface area contributed by atoms with Crippen LogP contribution in [-0.2, 0) is 14.3 Å². The Morgan fingerprint density at radius 3 is 2.68 bits per heavy atom. The fourth-order valence-corrected chi connectivity index (χ4v) is 5.25. The van der Waals surface area contributed by atoms with Crippen molar-refractivity contribution in [1.82, 2.24) is 15.2 Å². The van der Waals surface area contributed by atoms with Crippen molar-refractivity contribution in [3.63, 3.8) is 0 Å². The van der Waals surface area contributed by atoms with Crippen molar-refractivity contribution in [3.8, 4) is 17.0 Å². The van der Waals surface area contributed by atoms with Gasteiger partial charge < -0.3 is 19.3 Å². The Morgan fingerprint density at radius 2 is 1.89 bits per heavy atom. The van der Waals surface area contributed by atoms with Gasteiger partial charge in [0.05, 0.1) is 24.0 Å². The highest BCUT2D eigenvalue weighted by molar-refractivity contribution is 6.06. The number of nitrogens with one attached hydrogen (secondary N) is 1. The highest BCUT2D eigenvalue weighted by atomic mass is 19.2. The predicted molar refractivity (Wildman–Crippen MR) is 131 cm³/mol. The molecule has 0 amide bonds. The molecule has 0 saturated carbocycles. The summed E-state index contributed by atoms with van der Waals surface area (Å²) in [6, 6.07) is 7.72. The van der Waals surface area contributed by atoms with E-state index in [1.807, 2.05) is 12.1 Å². The summed E-state index contributed by atoms with van der Waals surface area (Å²) in [6.45, 7) is 1.40. The number of carboxylic acids is 1. The number of hydrogen-bond acceptors (Lipinski definition) is 6. The molecule has 2 N–H and O–H groups in total. The van der Waals surface area contributed by atoms with Gasteiger partial charge >= 0.3 is 5.97 Å². The number of nitrogens with zero attached hydrogens (tertiary/aromatic N) is 2. The van der Waals surface area contributed by atoms with Gasteiger partial charge in [-0.2, -0.15) is 5.10 Å². The van der Waals surface area contributed by atoms with Crippen LogP contribution < -0.4 is 4.74 Å². The van der Waals surface area contributed by atoms with Crippen molar-refractivity contribution in [3.05, 3.63) is 53.9 Å². The highest BCUT2D eigenvalue weighted by Crippen LogP contribution is 2.43. The lowest BCUT2D eigenvalue weighted by Gasteiger charge is -2.29. The normalized spacial score (nSPS) is 20.9. The van der Waals surface area contributed by atoms with E-state index in [1.54, 1.807) is 12.3 Å². The number of pyridine rings is 1. The topological polar surface area (TPSA) is 107 Å². The van der Waals surface area contributed by atoms with Gasteiger partial charge in [0.2, 0.25) is 5.88 Å². The molecule has 192 valence electrons. The third kappa shape index (κ3) is 4.51. The number of aromatic amines is 1. The van der Waals surface area contributed by atoms with E-state index in [-0.39, 0.29) is 18.9 Å². The van der Waals surface area contributed by atoms with Gasteiger partial charge in [0.15, 0.2) is 17.7 Å². The van der Waals surface area contributed by atoms with E-state index in [2.05, 4.69) is 10.2 Å². The van der Waals surface area contributed by atoms with Gasteiger partial charge in [-0.3, -0.25) is 5.10 Å². The molecule has 2 aliphatic heterocycles. The lowest BCUT2D eigenvalue weighted by atomic mass is 9.87. The molecule has 2 fully saturated rings. The second kappa shape index (κ2) is 9.68. The standard InChI is InChI=1S/C27H25F2N3O5/c28-20-2-1-15(10-21(20)29)24-18-9-16-13-30-32-22(16)12-19(18)26(31-25(24)14-3-6-35-7-4-14)37-17-5-8-36-23(11-17)27(33)34/h1-2,9-10,12-14,17,23H,3-8,11H2,(H,30,32)(H,33,34). The fourth-order valence-electron chi connectivity index (χ4n) is 5.25. The minimum absolute atomic E-state index is 0.0186. The first kappa shape index (κ1) is 23.7. The van der Waals surface area contributed by atoms with Crippen molar-refractivity contribution >= 4 is 27.6 Å². The zero-order chi connectivity index (χ0) is 25.5. The first-order valence-electron chi connectivity index (χ1n) is 12.3. The van der Waals surface area contributed by atoms with E-state index in [0.717, 1.165) is 40.9 Å². The van der Waals surface area contributed by atoms with E-state index in [0.29, 0.717) is 42.0 Å². The molecule has 2 aliphatic rings. The summed E-state index contributed by atoms with van der Waals surface area (Å²) < 4.78 is 45.6. The molecule has 10 heteroatoms. The quantitative estimate of drug-likeness (QED) is 0.392. The van der Waals surface area contributed by atoms with Crippen LogP contribution in [0.4, 0.5) is 8.78 Å². The van der Waals surface area contributed by atoms with Crippen LogP contribution in [-0.4, -0.2) is 58.3 Å². The van der Waals surface area contributed by atoms with E-state index >= 15 is 0 Å². The number of carboxylic acid groups (broad SMARTS) is 1. The average Bonchev–Trinajstić information content (AvgIpc) is 3.37. The Bertz CT molecular complexity index is 1480. The summed E-state index contributed by atoms with van der Waals surface area (Å²) in [5.74, 6) is -2.49. The van der Waals surface area contributed by atoms with Crippen LogP contribution in [0.3, 0.4) is 0 Å². The summed E-state index contributed by atoms with van der Waals surface area (Å²) in [6.07, 6.45) is 2.52. The Balaban J connectivity index is 1.56. The molecule has 8 nitrogen and oxygen atoms in total. The maximum absolute atomic E-state index is 14.4. The first-order chi connectivity index (χ1) is 18.0. The molecule has 2 atom stereocenters. The molecule has 2 saturated heterocycles. The summed E-state index contributed by atoms with van der Waals surface area (Å²) in [7, 11) is 0. The molecule has 0 aliphatic carbocycles. The molecule has 2 aromatic carbocycles. The summed E-state index contributed by atoms with van der Waals surface area (Å²) in [5.41, 5.74) is 2.72. The Hall–Kier alpha value is -3.63. The van der Waals surface area contributed by atoms with Crippen molar-refractivity contribution in [2.45, 2.75) is 43.8 Å². The van der Waals surface area contributed by atoms with Gasteiger partial charge in [0.25, 0.3) is 0 Å². The zero-order valence-corrected chi connectivity index (χ0v) is 19.9. The molecule has 0 bridgehead atoms. The minimum Gasteiger partial charge on any atom is -0.479 e. The monoisotopic (exact) mass is 509 g/mol. The van der Waals surface area contributed by atoms with Gasteiger partial charge in [-0.25, -0.2) is 18.6 Å². The van der Waals surface area contributed by atoms with Crippen LogP contribution in [0.1, 0.15) is 37.3 Å². The minimum atomic E-state index is -1.03. The van der Waals surface area contributed by atoms with Crippen molar-refractivity contribution in [1.29, 1.82) is 0 Å². The van der Waals surface area contributed by atoms with Crippen molar-refractivity contribution in [2.75, 3.05) is 19.8 Å². The molecule has 2 aromatic heterocycles.